The topological polar surface area (TPSA) is 62.2 Å². The van der Waals surface area contributed by atoms with Crippen LogP contribution in [0.25, 0.3) is 9.88 Å². The van der Waals surface area contributed by atoms with Crippen LogP contribution >= 0.6 is 34.4 Å². The summed E-state index contributed by atoms with van der Waals surface area (Å²) in [6.07, 6.45) is 1.92. The standard InChI is InChI=1S/C13H16N2O2S3/c1-8(11(6-16)18-2)14-12(17)9-7-20-13(15-9)10-4-3-5-19-10/h3-5,7-8,11,16H,6H2,1-2H3,(H,14,17). The molecule has 2 unspecified atom stereocenters. The van der Waals surface area contributed by atoms with Gasteiger partial charge >= 0.3 is 0 Å². The molecule has 0 aromatic carbocycles. The molecule has 0 aliphatic heterocycles. The van der Waals surface area contributed by atoms with Crippen LogP contribution in [-0.4, -0.2) is 40.2 Å². The molecular weight excluding hydrogens is 312 g/mol. The zero-order valence-electron chi connectivity index (χ0n) is 11.2. The first kappa shape index (κ1) is 15.5. The summed E-state index contributed by atoms with van der Waals surface area (Å²) in [4.78, 5) is 17.6. The maximum absolute atomic E-state index is 12.1. The predicted molar refractivity (Wildman–Crippen MR) is 86.7 cm³/mol. The lowest BCUT2D eigenvalue weighted by Gasteiger charge is -2.20. The highest BCUT2D eigenvalue weighted by Crippen LogP contribution is 2.27. The van der Waals surface area contributed by atoms with E-state index in [-0.39, 0.29) is 23.8 Å². The molecule has 2 aromatic heterocycles. The van der Waals surface area contributed by atoms with Crippen LogP contribution in [0.5, 0.6) is 0 Å². The second kappa shape index (κ2) is 7.21. The maximum Gasteiger partial charge on any atom is 0.271 e. The molecule has 4 nitrogen and oxygen atoms in total. The number of amides is 1. The number of rotatable bonds is 6. The quantitative estimate of drug-likeness (QED) is 0.856. The van der Waals surface area contributed by atoms with Gasteiger partial charge in [0, 0.05) is 16.7 Å². The molecule has 1 amide bonds. The molecule has 0 aliphatic carbocycles. The second-order valence-corrected chi connectivity index (χ2v) is 7.12. The number of hydrogen-bond acceptors (Lipinski definition) is 6. The minimum absolute atomic E-state index is 0.00523. The molecule has 0 bridgehead atoms. The maximum atomic E-state index is 12.1. The lowest BCUT2D eigenvalue weighted by Crippen LogP contribution is -2.41. The van der Waals surface area contributed by atoms with Gasteiger partial charge in [0.2, 0.25) is 0 Å². The van der Waals surface area contributed by atoms with Crippen molar-refractivity contribution >= 4 is 40.3 Å². The highest BCUT2D eigenvalue weighted by Gasteiger charge is 2.20. The number of aliphatic hydroxyl groups is 1. The van der Waals surface area contributed by atoms with Crippen molar-refractivity contribution in [3.8, 4) is 9.88 Å². The zero-order chi connectivity index (χ0) is 14.5. The van der Waals surface area contributed by atoms with Gasteiger partial charge in [-0.25, -0.2) is 4.98 Å². The van der Waals surface area contributed by atoms with Crippen LogP contribution in [0.15, 0.2) is 22.9 Å². The van der Waals surface area contributed by atoms with Gasteiger partial charge in [-0.05, 0) is 24.6 Å². The van der Waals surface area contributed by atoms with Crippen LogP contribution in [0.3, 0.4) is 0 Å². The molecule has 2 atom stereocenters. The van der Waals surface area contributed by atoms with Gasteiger partial charge in [0.05, 0.1) is 11.5 Å². The molecule has 2 heterocycles. The van der Waals surface area contributed by atoms with E-state index in [0.29, 0.717) is 5.69 Å². The van der Waals surface area contributed by atoms with Crippen LogP contribution in [0, 0.1) is 0 Å². The van der Waals surface area contributed by atoms with E-state index in [0.717, 1.165) is 9.88 Å². The van der Waals surface area contributed by atoms with Crippen molar-refractivity contribution in [1.82, 2.24) is 10.3 Å². The van der Waals surface area contributed by atoms with Gasteiger partial charge in [-0.15, -0.1) is 22.7 Å². The van der Waals surface area contributed by atoms with Gasteiger partial charge in [-0.3, -0.25) is 4.79 Å². The van der Waals surface area contributed by atoms with E-state index in [1.807, 2.05) is 30.7 Å². The van der Waals surface area contributed by atoms with Crippen molar-refractivity contribution < 1.29 is 9.90 Å². The van der Waals surface area contributed by atoms with Crippen molar-refractivity contribution in [2.24, 2.45) is 0 Å². The molecular formula is C13H16N2O2S3. The normalized spacial score (nSPS) is 13.9. The third-order valence-corrected chi connectivity index (χ3v) is 5.91. The molecule has 2 rings (SSSR count). The van der Waals surface area contributed by atoms with E-state index in [1.165, 1.54) is 23.1 Å². The second-order valence-electron chi connectivity index (χ2n) is 4.23. The third kappa shape index (κ3) is 3.60. The minimum Gasteiger partial charge on any atom is -0.395 e. The number of carbonyl (C=O) groups excluding carboxylic acids is 1. The van der Waals surface area contributed by atoms with E-state index in [1.54, 1.807) is 16.7 Å². The fraction of sp³-hybridized carbons (Fsp3) is 0.385. The zero-order valence-corrected chi connectivity index (χ0v) is 13.6. The fourth-order valence-electron chi connectivity index (χ4n) is 1.70. The minimum atomic E-state index is -0.191. The monoisotopic (exact) mass is 328 g/mol. The van der Waals surface area contributed by atoms with Gasteiger partial charge in [-0.1, -0.05) is 6.07 Å². The summed E-state index contributed by atoms with van der Waals surface area (Å²) in [7, 11) is 0. The highest BCUT2D eigenvalue weighted by molar-refractivity contribution is 7.99. The molecule has 0 spiro atoms. The van der Waals surface area contributed by atoms with Gasteiger partial charge in [-0.2, -0.15) is 11.8 Å². The lowest BCUT2D eigenvalue weighted by atomic mass is 10.2. The molecule has 0 radical (unpaired) electrons. The molecule has 2 N–H and O–H groups in total. The molecule has 0 fully saturated rings. The Morgan fingerprint density at radius 1 is 1.55 bits per heavy atom. The number of carbonyl (C=O) groups is 1. The van der Waals surface area contributed by atoms with Crippen LogP contribution in [0.2, 0.25) is 0 Å². The van der Waals surface area contributed by atoms with Crippen molar-refractivity contribution in [3.63, 3.8) is 0 Å². The Bertz CT molecular complexity index is 550. The average Bonchev–Trinajstić information content (AvgIpc) is 3.11. The van der Waals surface area contributed by atoms with E-state index in [9.17, 15) is 9.90 Å². The molecule has 2 aromatic rings. The SMILES string of the molecule is CSC(CO)C(C)NC(=O)c1csc(-c2cccs2)n1. The Morgan fingerprint density at radius 2 is 2.35 bits per heavy atom. The summed E-state index contributed by atoms with van der Waals surface area (Å²) < 4.78 is 0. The number of nitrogens with one attached hydrogen (secondary N) is 1. The summed E-state index contributed by atoms with van der Waals surface area (Å²) in [6.45, 7) is 1.93. The Morgan fingerprint density at radius 3 is 2.95 bits per heavy atom. The fourth-order valence-corrected chi connectivity index (χ4v) is 3.94. The average molecular weight is 328 g/mol. The number of nitrogens with zero attached hydrogens (tertiary/aromatic N) is 1. The van der Waals surface area contributed by atoms with E-state index in [2.05, 4.69) is 10.3 Å². The molecule has 0 saturated carbocycles. The first-order valence-electron chi connectivity index (χ1n) is 6.09. The van der Waals surface area contributed by atoms with Gasteiger partial charge < -0.3 is 10.4 Å². The first-order valence-corrected chi connectivity index (χ1v) is 9.14. The van der Waals surface area contributed by atoms with Gasteiger partial charge in [0.25, 0.3) is 5.91 Å². The van der Waals surface area contributed by atoms with Crippen LogP contribution in [-0.2, 0) is 0 Å². The number of thiazole rings is 1. The molecule has 108 valence electrons. The molecule has 7 heteroatoms. The summed E-state index contributed by atoms with van der Waals surface area (Å²) in [5.41, 5.74) is 0.433. The van der Waals surface area contributed by atoms with Gasteiger partial charge in [0.1, 0.15) is 10.7 Å². The summed E-state index contributed by atoms with van der Waals surface area (Å²) in [5, 5.41) is 16.7. The summed E-state index contributed by atoms with van der Waals surface area (Å²) >= 11 is 4.61. The Balaban J connectivity index is 2.03. The first-order chi connectivity index (χ1) is 9.65. The number of thioether (sulfide) groups is 1. The van der Waals surface area contributed by atoms with E-state index < -0.39 is 0 Å². The smallest absolute Gasteiger partial charge is 0.271 e. The Labute approximate surface area is 130 Å². The third-order valence-electron chi connectivity index (χ3n) is 2.87. The predicted octanol–water partition coefficient (Wildman–Crippen LogP) is 2.71. The Kier molecular flexibility index (Phi) is 5.59. The van der Waals surface area contributed by atoms with Crippen molar-refractivity contribution in [2.45, 2.75) is 18.2 Å². The molecule has 0 saturated heterocycles. The van der Waals surface area contributed by atoms with E-state index in [4.69, 9.17) is 0 Å². The van der Waals surface area contributed by atoms with Crippen LogP contribution in [0.4, 0.5) is 0 Å². The van der Waals surface area contributed by atoms with Crippen LogP contribution < -0.4 is 5.32 Å². The van der Waals surface area contributed by atoms with Crippen molar-refractivity contribution in [3.05, 3.63) is 28.6 Å². The number of hydrogen-bond donors (Lipinski definition) is 2. The van der Waals surface area contributed by atoms with E-state index >= 15 is 0 Å². The molecule has 0 aliphatic rings. The number of thiophene rings is 1. The summed E-state index contributed by atoms with van der Waals surface area (Å²) in [6, 6.07) is 3.85. The lowest BCUT2D eigenvalue weighted by molar-refractivity contribution is 0.0931. The molecule has 20 heavy (non-hydrogen) atoms. The van der Waals surface area contributed by atoms with Gasteiger partial charge in [0.15, 0.2) is 0 Å². The van der Waals surface area contributed by atoms with Crippen LogP contribution in [0.1, 0.15) is 17.4 Å². The highest BCUT2D eigenvalue weighted by atomic mass is 32.2. The number of aromatic nitrogens is 1. The number of aliphatic hydroxyl groups excluding tert-OH is 1. The van der Waals surface area contributed by atoms with Crippen molar-refractivity contribution in [2.75, 3.05) is 12.9 Å². The summed E-state index contributed by atoms with van der Waals surface area (Å²) in [5.74, 6) is -0.191. The Hall–Kier alpha value is -0.890. The van der Waals surface area contributed by atoms with Crippen molar-refractivity contribution in [1.29, 1.82) is 0 Å². The largest absolute Gasteiger partial charge is 0.395 e.